The summed E-state index contributed by atoms with van der Waals surface area (Å²) in [6.45, 7) is 1.62. The van der Waals surface area contributed by atoms with Crippen LogP contribution < -0.4 is 14.8 Å². The second-order valence-electron chi connectivity index (χ2n) is 4.42. The van der Waals surface area contributed by atoms with Crippen molar-refractivity contribution in [3.05, 3.63) is 46.2 Å². The number of benzene rings is 1. The third-order valence-corrected chi connectivity index (χ3v) is 3.98. The normalized spacial score (nSPS) is 13.0. The minimum Gasteiger partial charge on any atom is -0.486 e. The van der Waals surface area contributed by atoms with E-state index in [1.54, 1.807) is 17.4 Å². The summed E-state index contributed by atoms with van der Waals surface area (Å²) in [7, 11) is 0. The van der Waals surface area contributed by atoms with Gasteiger partial charge in [-0.1, -0.05) is 12.1 Å². The van der Waals surface area contributed by atoms with Gasteiger partial charge in [-0.3, -0.25) is 4.79 Å². The number of fused-ring (bicyclic) bond motifs is 1. The standard InChI is InChI=1S/C15H15NO3S/c17-15(16-7-6-11-3-2-10-20-11)12-4-1-5-13-14(12)19-9-8-18-13/h1-5,10H,6-9H2,(H,16,17). The highest BCUT2D eigenvalue weighted by Crippen LogP contribution is 2.33. The molecular formula is C15H15NO3S. The zero-order valence-corrected chi connectivity index (χ0v) is 11.7. The van der Waals surface area contributed by atoms with Gasteiger partial charge in [-0.15, -0.1) is 11.3 Å². The molecule has 0 unspecified atom stereocenters. The van der Waals surface area contributed by atoms with Crippen LogP contribution in [0.4, 0.5) is 0 Å². The predicted molar refractivity (Wildman–Crippen MR) is 77.8 cm³/mol. The van der Waals surface area contributed by atoms with E-state index in [2.05, 4.69) is 11.4 Å². The van der Waals surface area contributed by atoms with Gasteiger partial charge in [-0.25, -0.2) is 0 Å². The minimum atomic E-state index is -0.121. The molecule has 1 aromatic heterocycles. The topological polar surface area (TPSA) is 47.6 Å². The minimum absolute atomic E-state index is 0.121. The molecule has 0 atom stereocenters. The molecule has 0 saturated heterocycles. The Bertz CT molecular complexity index is 595. The van der Waals surface area contributed by atoms with E-state index < -0.39 is 0 Å². The first-order chi connectivity index (χ1) is 9.84. The Kier molecular flexibility index (Phi) is 3.87. The molecule has 1 N–H and O–H groups in total. The second kappa shape index (κ2) is 5.96. The molecule has 2 heterocycles. The van der Waals surface area contributed by atoms with Crippen LogP contribution in [0.3, 0.4) is 0 Å². The monoisotopic (exact) mass is 289 g/mol. The van der Waals surface area contributed by atoms with Crippen molar-refractivity contribution in [1.82, 2.24) is 5.32 Å². The molecule has 0 bridgehead atoms. The van der Waals surface area contributed by atoms with Gasteiger partial charge < -0.3 is 14.8 Å². The number of amides is 1. The van der Waals surface area contributed by atoms with E-state index >= 15 is 0 Å². The van der Waals surface area contributed by atoms with E-state index in [1.165, 1.54) is 4.88 Å². The molecule has 1 aromatic carbocycles. The van der Waals surface area contributed by atoms with Crippen LogP contribution in [-0.4, -0.2) is 25.7 Å². The summed E-state index contributed by atoms with van der Waals surface area (Å²) in [5.74, 6) is 1.07. The summed E-state index contributed by atoms with van der Waals surface area (Å²) in [4.78, 5) is 13.5. The van der Waals surface area contributed by atoms with Crippen LogP contribution in [0.15, 0.2) is 35.7 Å². The van der Waals surface area contributed by atoms with Gasteiger partial charge in [0.1, 0.15) is 13.2 Å². The molecule has 1 aliphatic rings. The van der Waals surface area contributed by atoms with E-state index in [0.29, 0.717) is 36.8 Å². The van der Waals surface area contributed by atoms with Crippen molar-refractivity contribution < 1.29 is 14.3 Å². The van der Waals surface area contributed by atoms with E-state index in [1.807, 2.05) is 23.6 Å². The van der Waals surface area contributed by atoms with E-state index in [0.717, 1.165) is 6.42 Å². The van der Waals surface area contributed by atoms with Crippen molar-refractivity contribution in [3.63, 3.8) is 0 Å². The van der Waals surface area contributed by atoms with Crippen molar-refractivity contribution in [2.24, 2.45) is 0 Å². The summed E-state index contributed by atoms with van der Waals surface area (Å²) < 4.78 is 11.0. The summed E-state index contributed by atoms with van der Waals surface area (Å²) in [6, 6.07) is 9.46. The molecule has 1 amide bonds. The molecule has 1 aliphatic heterocycles. The molecule has 20 heavy (non-hydrogen) atoms. The van der Waals surface area contributed by atoms with Crippen LogP contribution in [0.5, 0.6) is 11.5 Å². The first-order valence-electron chi connectivity index (χ1n) is 6.54. The van der Waals surface area contributed by atoms with Gasteiger partial charge in [0.15, 0.2) is 11.5 Å². The molecule has 4 nitrogen and oxygen atoms in total. The fourth-order valence-corrected chi connectivity index (χ4v) is 2.81. The lowest BCUT2D eigenvalue weighted by molar-refractivity contribution is 0.0943. The third kappa shape index (κ3) is 2.77. The van der Waals surface area contributed by atoms with Gasteiger partial charge in [0.2, 0.25) is 0 Å². The maximum absolute atomic E-state index is 12.2. The van der Waals surface area contributed by atoms with Gasteiger partial charge in [0.05, 0.1) is 5.56 Å². The molecule has 104 valence electrons. The molecule has 2 aromatic rings. The number of para-hydroxylation sites is 1. The number of hydrogen-bond acceptors (Lipinski definition) is 4. The van der Waals surface area contributed by atoms with Crippen LogP contribution in [-0.2, 0) is 6.42 Å². The maximum Gasteiger partial charge on any atom is 0.255 e. The Hall–Kier alpha value is -2.01. The second-order valence-corrected chi connectivity index (χ2v) is 5.45. The van der Waals surface area contributed by atoms with Crippen LogP contribution in [0.1, 0.15) is 15.2 Å². The van der Waals surface area contributed by atoms with Crippen LogP contribution >= 0.6 is 11.3 Å². The Morgan fingerprint density at radius 2 is 2.10 bits per heavy atom. The van der Waals surface area contributed by atoms with Gasteiger partial charge in [0, 0.05) is 11.4 Å². The molecule has 0 fully saturated rings. The van der Waals surface area contributed by atoms with Crippen molar-refractivity contribution in [2.45, 2.75) is 6.42 Å². The fourth-order valence-electron chi connectivity index (χ4n) is 2.10. The number of hydrogen-bond donors (Lipinski definition) is 1. The van der Waals surface area contributed by atoms with Gasteiger partial charge in [-0.2, -0.15) is 0 Å². The number of rotatable bonds is 4. The highest BCUT2D eigenvalue weighted by Gasteiger charge is 2.19. The van der Waals surface area contributed by atoms with Crippen LogP contribution in [0.2, 0.25) is 0 Å². The van der Waals surface area contributed by atoms with E-state index in [9.17, 15) is 4.79 Å². The first kappa shape index (κ1) is 13.0. The summed E-state index contributed by atoms with van der Waals surface area (Å²) >= 11 is 1.70. The van der Waals surface area contributed by atoms with Gasteiger partial charge in [0.25, 0.3) is 5.91 Å². The average Bonchev–Trinajstić information content (AvgIpc) is 3.00. The number of thiophene rings is 1. The zero-order valence-electron chi connectivity index (χ0n) is 10.9. The lowest BCUT2D eigenvalue weighted by Crippen LogP contribution is -2.27. The summed E-state index contributed by atoms with van der Waals surface area (Å²) in [6.07, 6.45) is 0.843. The predicted octanol–water partition coefficient (Wildman–Crippen LogP) is 2.49. The fraction of sp³-hybridized carbons (Fsp3) is 0.267. The molecular weight excluding hydrogens is 274 g/mol. The summed E-state index contributed by atoms with van der Waals surface area (Å²) in [5.41, 5.74) is 0.536. The van der Waals surface area contributed by atoms with E-state index in [4.69, 9.17) is 9.47 Å². The molecule has 3 rings (SSSR count). The quantitative estimate of drug-likeness (QED) is 0.940. The lowest BCUT2D eigenvalue weighted by atomic mass is 10.1. The van der Waals surface area contributed by atoms with Gasteiger partial charge >= 0.3 is 0 Å². The lowest BCUT2D eigenvalue weighted by Gasteiger charge is -2.20. The highest BCUT2D eigenvalue weighted by atomic mass is 32.1. The molecule has 0 aliphatic carbocycles. The Morgan fingerprint density at radius 1 is 1.20 bits per heavy atom. The number of carbonyl (C=O) groups is 1. The van der Waals surface area contributed by atoms with E-state index in [-0.39, 0.29) is 5.91 Å². The van der Waals surface area contributed by atoms with Crippen LogP contribution in [0, 0.1) is 0 Å². The van der Waals surface area contributed by atoms with Crippen molar-refractivity contribution in [1.29, 1.82) is 0 Å². The zero-order chi connectivity index (χ0) is 13.8. The Morgan fingerprint density at radius 3 is 2.95 bits per heavy atom. The largest absolute Gasteiger partial charge is 0.486 e. The molecule has 0 radical (unpaired) electrons. The number of ether oxygens (including phenoxy) is 2. The number of carbonyl (C=O) groups excluding carboxylic acids is 1. The Balaban J connectivity index is 1.65. The smallest absolute Gasteiger partial charge is 0.255 e. The van der Waals surface area contributed by atoms with Crippen molar-refractivity contribution >= 4 is 17.2 Å². The summed E-state index contributed by atoms with van der Waals surface area (Å²) in [5, 5.41) is 4.96. The SMILES string of the molecule is O=C(NCCc1cccs1)c1cccc2c1OCCO2. The highest BCUT2D eigenvalue weighted by molar-refractivity contribution is 7.09. The molecule has 5 heteroatoms. The first-order valence-corrected chi connectivity index (χ1v) is 7.42. The van der Waals surface area contributed by atoms with Gasteiger partial charge in [-0.05, 0) is 30.0 Å². The van der Waals surface area contributed by atoms with Crippen molar-refractivity contribution in [2.75, 3.05) is 19.8 Å². The molecule has 0 spiro atoms. The average molecular weight is 289 g/mol. The maximum atomic E-state index is 12.2. The molecule has 0 saturated carbocycles. The van der Waals surface area contributed by atoms with Crippen LogP contribution in [0.25, 0.3) is 0 Å². The third-order valence-electron chi connectivity index (χ3n) is 3.05. The Labute approximate surface area is 121 Å². The number of nitrogens with one attached hydrogen (secondary N) is 1. The van der Waals surface area contributed by atoms with Crippen molar-refractivity contribution in [3.8, 4) is 11.5 Å².